The molecular weight excluding hydrogens is 256 g/mol. The van der Waals surface area contributed by atoms with Gasteiger partial charge in [0, 0.05) is 7.05 Å². The third-order valence-corrected chi connectivity index (χ3v) is 3.96. The first-order chi connectivity index (χ1) is 9.19. The van der Waals surface area contributed by atoms with Crippen LogP contribution in [0.3, 0.4) is 0 Å². The number of hydrogen-bond acceptors (Lipinski definition) is 3. The van der Waals surface area contributed by atoms with E-state index in [1.165, 1.54) is 11.3 Å². The van der Waals surface area contributed by atoms with Crippen molar-refractivity contribution in [3.8, 4) is 6.07 Å². The molecule has 2 aromatic rings. The number of carbonyl (C=O) groups excluding carboxylic acids is 1. The SMILES string of the molecule is CCc1ccsc1C(=O)N(C)c1ccccc1C#N. The highest BCUT2D eigenvalue weighted by Gasteiger charge is 2.19. The van der Waals surface area contributed by atoms with Gasteiger partial charge in [-0.2, -0.15) is 5.26 Å². The maximum absolute atomic E-state index is 12.5. The van der Waals surface area contributed by atoms with Crippen LogP contribution in [0.4, 0.5) is 5.69 Å². The van der Waals surface area contributed by atoms with E-state index >= 15 is 0 Å². The van der Waals surface area contributed by atoms with Gasteiger partial charge in [-0.1, -0.05) is 19.1 Å². The molecule has 0 aliphatic carbocycles. The van der Waals surface area contributed by atoms with E-state index in [0.717, 1.165) is 16.9 Å². The van der Waals surface area contributed by atoms with Crippen molar-refractivity contribution in [1.82, 2.24) is 0 Å². The Bertz CT molecular complexity index is 640. The van der Waals surface area contributed by atoms with E-state index < -0.39 is 0 Å². The highest BCUT2D eigenvalue weighted by atomic mass is 32.1. The summed E-state index contributed by atoms with van der Waals surface area (Å²) >= 11 is 1.44. The molecule has 1 aromatic heterocycles. The normalized spacial score (nSPS) is 9.95. The molecule has 1 amide bonds. The molecule has 0 saturated heterocycles. The van der Waals surface area contributed by atoms with E-state index in [1.807, 2.05) is 24.4 Å². The Hall–Kier alpha value is -2.12. The number of hydrogen-bond donors (Lipinski definition) is 0. The Morgan fingerprint density at radius 3 is 2.79 bits per heavy atom. The van der Waals surface area contributed by atoms with Crippen LogP contribution in [-0.4, -0.2) is 13.0 Å². The molecule has 0 spiro atoms. The van der Waals surface area contributed by atoms with Crippen LogP contribution in [0.2, 0.25) is 0 Å². The first kappa shape index (κ1) is 13.3. The van der Waals surface area contributed by atoms with Gasteiger partial charge in [-0.05, 0) is 35.6 Å². The van der Waals surface area contributed by atoms with E-state index in [4.69, 9.17) is 5.26 Å². The van der Waals surface area contributed by atoms with Crippen LogP contribution >= 0.6 is 11.3 Å². The number of carbonyl (C=O) groups is 1. The smallest absolute Gasteiger partial charge is 0.268 e. The van der Waals surface area contributed by atoms with Crippen molar-refractivity contribution in [3.05, 3.63) is 51.7 Å². The zero-order valence-electron chi connectivity index (χ0n) is 10.9. The van der Waals surface area contributed by atoms with Gasteiger partial charge in [0.25, 0.3) is 5.91 Å². The molecule has 96 valence electrons. The maximum atomic E-state index is 12.5. The van der Waals surface area contributed by atoms with E-state index in [2.05, 4.69) is 6.07 Å². The molecule has 19 heavy (non-hydrogen) atoms. The maximum Gasteiger partial charge on any atom is 0.268 e. The average molecular weight is 270 g/mol. The number of anilines is 1. The quantitative estimate of drug-likeness (QED) is 0.857. The summed E-state index contributed by atoms with van der Waals surface area (Å²) in [6, 6.07) is 11.2. The van der Waals surface area contributed by atoms with Crippen molar-refractivity contribution in [3.63, 3.8) is 0 Å². The van der Waals surface area contributed by atoms with Crippen LogP contribution in [-0.2, 0) is 6.42 Å². The lowest BCUT2D eigenvalue weighted by Crippen LogP contribution is -2.26. The van der Waals surface area contributed by atoms with Crippen LogP contribution in [0.5, 0.6) is 0 Å². The fourth-order valence-electron chi connectivity index (χ4n) is 1.92. The number of nitriles is 1. The molecule has 0 aliphatic rings. The largest absolute Gasteiger partial charge is 0.309 e. The van der Waals surface area contributed by atoms with Crippen LogP contribution in [0.15, 0.2) is 35.7 Å². The van der Waals surface area contributed by atoms with Crippen molar-refractivity contribution < 1.29 is 4.79 Å². The van der Waals surface area contributed by atoms with E-state index in [-0.39, 0.29) is 5.91 Å². The summed E-state index contributed by atoms with van der Waals surface area (Å²) in [5, 5.41) is 11.0. The summed E-state index contributed by atoms with van der Waals surface area (Å²) in [5.74, 6) is -0.0606. The lowest BCUT2D eigenvalue weighted by molar-refractivity contribution is 0.0996. The summed E-state index contributed by atoms with van der Waals surface area (Å²) in [6.45, 7) is 2.03. The highest BCUT2D eigenvalue weighted by molar-refractivity contribution is 7.12. The number of rotatable bonds is 3. The Balaban J connectivity index is 2.37. The number of benzene rings is 1. The summed E-state index contributed by atoms with van der Waals surface area (Å²) in [7, 11) is 1.71. The number of thiophene rings is 1. The van der Waals surface area contributed by atoms with Gasteiger partial charge >= 0.3 is 0 Å². The van der Waals surface area contributed by atoms with Gasteiger partial charge in [-0.15, -0.1) is 11.3 Å². The number of amides is 1. The molecule has 0 unspecified atom stereocenters. The zero-order chi connectivity index (χ0) is 13.8. The van der Waals surface area contributed by atoms with E-state index in [9.17, 15) is 4.79 Å². The van der Waals surface area contributed by atoms with E-state index in [1.54, 1.807) is 30.1 Å². The molecular formula is C15H14N2OS. The summed E-state index contributed by atoms with van der Waals surface area (Å²) in [5.41, 5.74) is 2.20. The Morgan fingerprint density at radius 2 is 2.11 bits per heavy atom. The van der Waals surface area contributed by atoms with Crippen molar-refractivity contribution >= 4 is 22.9 Å². The first-order valence-corrected chi connectivity index (χ1v) is 6.90. The van der Waals surface area contributed by atoms with Gasteiger partial charge in [-0.25, -0.2) is 0 Å². The molecule has 0 bridgehead atoms. The Labute approximate surface area is 116 Å². The van der Waals surface area contributed by atoms with Crippen molar-refractivity contribution in [2.45, 2.75) is 13.3 Å². The van der Waals surface area contributed by atoms with Crippen LogP contribution in [0.1, 0.15) is 27.7 Å². The third kappa shape index (κ3) is 2.51. The monoisotopic (exact) mass is 270 g/mol. The lowest BCUT2D eigenvalue weighted by atomic mass is 10.1. The Kier molecular flexibility index (Phi) is 3.98. The minimum absolute atomic E-state index is 0.0606. The summed E-state index contributed by atoms with van der Waals surface area (Å²) in [6.07, 6.45) is 0.832. The third-order valence-electron chi connectivity index (χ3n) is 3.01. The number of nitrogens with zero attached hydrogens (tertiary/aromatic N) is 2. The second-order valence-corrected chi connectivity index (χ2v) is 5.04. The van der Waals surface area contributed by atoms with Crippen molar-refractivity contribution in [1.29, 1.82) is 5.26 Å². The van der Waals surface area contributed by atoms with Gasteiger partial charge in [0.05, 0.1) is 16.1 Å². The Morgan fingerprint density at radius 1 is 1.37 bits per heavy atom. The molecule has 0 N–H and O–H groups in total. The molecule has 0 fully saturated rings. The summed E-state index contributed by atoms with van der Waals surface area (Å²) in [4.78, 5) is 14.8. The predicted molar refractivity (Wildman–Crippen MR) is 77.6 cm³/mol. The molecule has 3 nitrogen and oxygen atoms in total. The molecule has 0 radical (unpaired) electrons. The second kappa shape index (κ2) is 5.68. The lowest BCUT2D eigenvalue weighted by Gasteiger charge is -2.18. The second-order valence-electron chi connectivity index (χ2n) is 4.12. The minimum atomic E-state index is -0.0606. The van der Waals surface area contributed by atoms with Crippen LogP contribution < -0.4 is 4.90 Å². The van der Waals surface area contributed by atoms with Crippen LogP contribution in [0.25, 0.3) is 0 Å². The standard InChI is InChI=1S/C15H14N2OS/c1-3-11-8-9-19-14(11)15(18)17(2)13-7-5-4-6-12(13)10-16/h4-9H,3H2,1-2H3. The molecule has 0 saturated carbocycles. The summed E-state index contributed by atoms with van der Waals surface area (Å²) < 4.78 is 0. The van der Waals surface area contributed by atoms with Gasteiger partial charge in [-0.3, -0.25) is 4.79 Å². The van der Waals surface area contributed by atoms with Crippen molar-refractivity contribution in [2.75, 3.05) is 11.9 Å². The molecule has 2 rings (SSSR count). The van der Waals surface area contributed by atoms with Crippen molar-refractivity contribution in [2.24, 2.45) is 0 Å². The van der Waals surface area contributed by atoms with E-state index in [0.29, 0.717) is 11.3 Å². The first-order valence-electron chi connectivity index (χ1n) is 6.02. The molecule has 1 heterocycles. The fourth-order valence-corrected chi connectivity index (χ4v) is 2.89. The van der Waals surface area contributed by atoms with Crippen LogP contribution in [0, 0.1) is 11.3 Å². The predicted octanol–water partition coefficient (Wildman–Crippen LogP) is 3.46. The number of para-hydroxylation sites is 1. The average Bonchev–Trinajstić information content (AvgIpc) is 2.94. The topological polar surface area (TPSA) is 44.1 Å². The van der Waals surface area contributed by atoms with Gasteiger partial charge in [0.2, 0.25) is 0 Å². The van der Waals surface area contributed by atoms with Gasteiger partial charge in [0.15, 0.2) is 0 Å². The molecule has 0 atom stereocenters. The van der Waals surface area contributed by atoms with Gasteiger partial charge < -0.3 is 4.90 Å². The molecule has 1 aromatic carbocycles. The molecule has 4 heteroatoms. The molecule has 0 aliphatic heterocycles. The highest BCUT2D eigenvalue weighted by Crippen LogP contribution is 2.24. The zero-order valence-corrected chi connectivity index (χ0v) is 11.7. The fraction of sp³-hybridized carbons (Fsp3) is 0.200. The minimum Gasteiger partial charge on any atom is -0.309 e. The number of aryl methyl sites for hydroxylation is 1. The van der Waals surface area contributed by atoms with Gasteiger partial charge in [0.1, 0.15) is 6.07 Å².